The van der Waals surface area contributed by atoms with E-state index in [0.717, 1.165) is 25.7 Å². The predicted octanol–water partition coefficient (Wildman–Crippen LogP) is 3.41. The Bertz CT molecular complexity index is 260. The standard InChI is InChI=1S/C16H32O6Si/c1-5-17-13-9-11-15-21-23(19-7-3,20-8-4)22-16-12-10-14-18-6-2/h5-6H,1-2,7-16H2,3-4H3. The van der Waals surface area contributed by atoms with Crippen molar-refractivity contribution >= 4 is 9.05 Å². The molecule has 0 saturated heterocycles. The van der Waals surface area contributed by atoms with Crippen molar-refractivity contribution in [1.29, 1.82) is 0 Å². The fraction of sp³-hybridized carbons (Fsp3) is 0.750. The van der Waals surface area contributed by atoms with Crippen LogP contribution in [-0.4, -0.2) is 48.7 Å². The van der Waals surface area contributed by atoms with Crippen LogP contribution < -0.4 is 0 Å². The second-order valence-electron chi connectivity index (χ2n) is 4.55. The summed E-state index contributed by atoms with van der Waals surface area (Å²) in [6.45, 7) is 14.1. The first-order valence-corrected chi connectivity index (χ1v) is 9.88. The third kappa shape index (κ3) is 12.3. The Morgan fingerprint density at radius 3 is 1.39 bits per heavy atom. The van der Waals surface area contributed by atoms with Crippen LogP contribution in [0.5, 0.6) is 0 Å². The Balaban J connectivity index is 4.15. The minimum absolute atomic E-state index is 0.491. The maximum Gasteiger partial charge on any atom is 0.679 e. The molecule has 0 rings (SSSR count). The number of hydrogen-bond donors (Lipinski definition) is 0. The number of hydrogen-bond acceptors (Lipinski definition) is 6. The van der Waals surface area contributed by atoms with Gasteiger partial charge in [-0.2, -0.15) is 0 Å². The lowest BCUT2D eigenvalue weighted by Gasteiger charge is -2.27. The van der Waals surface area contributed by atoms with E-state index < -0.39 is 9.05 Å². The van der Waals surface area contributed by atoms with Gasteiger partial charge in [0.25, 0.3) is 0 Å². The summed E-state index contributed by atoms with van der Waals surface area (Å²) in [5, 5.41) is 0. The molecular formula is C16H32O6Si. The van der Waals surface area contributed by atoms with Crippen LogP contribution in [0.25, 0.3) is 0 Å². The molecule has 0 aromatic heterocycles. The minimum Gasteiger partial charge on any atom is -0.502 e. The normalized spacial score (nSPS) is 11.2. The monoisotopic (exact) mass is 348 g/mol. The molecule has 0 aliphatic heterocycles. The van der Waals surface area contributed by atoms with E-state index in [1.807, 2.05) is 13.8 Å². The van der Waals surface area contributed by atoms with E-state index in [1.165, 1.54) is 12.5 Å². The smallest absolute Gasteiger partial charge is 0.502 e. The molecule has 0 bridgehead atoms. The molecule has 0 aliphatic carbocycles. The number of unbranched alkanes of at least 4 members (excludes halogenated alkanes) is 2. The van der Waals surface area contributed by atoms with Crippen LogP contribution in [-0.2, 0) is 27.2 Å². The van der Waals surface area contributed by atoms with Gasteiger partial charge < -0.3 is 27.2 Å². The van der Waals surface area contributed by atoms with E-state index in [9.17, 15) is 0 Å². The number of rotatable bonds is 18. The summed E-state index contributed by atoms with van der Waals surface area (Å²) < 4.78 is 33.3. The Kier molecular flexibility index (Phi) is 15.4. The average molecular weight is 349 g/mol. The summed E-state index contributed by atoms with van der Waals surface area (Å²) in [5.74, 6) is 0. The molecule has 136 valence electrons. The van der Waals surface area contributed by atoms with Gasteiger partial charge >= 0.3 is 9.05 Å². The SMILES string of the molecule is C=COCCCCO[Si](OCC)(OCC)OCCCCOC=C. The van der Waals surface area contributed by atoms with Crippen molar-refractivity contribution in [2.45, 2.75) is 39.5 Å². The molecule has 0 aromatic rings. The van der Waals surface area contributed by atoms with Crippen LogP contribution in [0.2, 0.25) is 0 Å². The van der Waals surface area contributed by atoms with Crippen molar-refractivity contribution in [1.82, 2.24) is 0 Å². The van der Waals surface area contributed by atoms with Gasteiger partial charge in [-0.3, -0.25) is 0 Å². The molecule has 0 amide bonds. The van der Waals surface area contributed by atoms with Crippen LogP contribution in [0.4, 0.5) is 0 Å². The quantitative estimate of drug-likeness (QED) is 0.215. The van der Waals surface area contributed by atoms with Gasteiger partial charge in [0.1, 0.15) is 0 Å². The summed E-state index contributed by atoms with van der Waals surface area (Å²) in [7, 11) is -3.05. The first-order valence-electron chi connectivity index (χ1n) is 8.25. The highest BCUT2D eigenvalue weighted by molar-refractivity contribution is 6.53. The van der Waals surface area contributed by atoms with Crippen molar-refractivity contribution in [3.05, 3.63) is 25.7 Å². The Morgan fingerprint density at radius 2 is 1.04 bits per heavy atom. The summed E-state index contributed by atoms with van der Waals surface area (Å²) in [4.78, 5) is 0. The molecule has 0 aromatic carbocycles. The molecule has 7 heteroatoms. The van der Waals surface area contributed by atoms with Crippen LogP contribution in [0.3, 0.4) is 0 Å². The van der Waals surface area contributed by atoms with Crippen LogP contribution in [0.1, 0.15) is 39.5 Å². The summed E-state index contributed by atoms with van der Waals surface area (Å²) >= 11 is 0. The van der Waals surface area contributed by atoms with Crippen LogP contribution in [0.15, 0.2) is 25.7 Å². The Labute approximate surface area is 141 Å². The molecule has 0 N–H and O–H groups in total. The summed E-state index contributed by atoms with van der Waals surface area (Å²) in [6, 6.07) is 0. The van der Waals surface area contributed by atoms with Crippen molar-refractivity contribution in [3.8, 4) is 0 Å². The number of ether oxygens (including phenoxy) is 2. The molecule has 23 heavy (non-hydrogen) atoms. The fourth-order valence-corrected chi connectivity index (χ4v) is 3.74. The highest BCUT2D eigenvalue weighted by atomic mass is 28.4. The second kappa shape index (κ2) is 16.0. The molecule has 0 atom stereocenters. The summed E-state index contributed by atoms with van der Waals surface area (Å²) in [5.41, 5.74) is 0. The van der Waals surface area contributed by atoms with E-state index in [-0.39, 0.29) is 0 Å². The van der Waals surface area contributed by atoms with Crippen molar-refractivity contribution < 1.29 is 27.2 Å². The molecule has 0 unspecified atom stereocenters. The molecule has 0 heterocycles. The topological polar surface area (TPSA) is 55.4 Å². The molecule has 0 radical (unpaired) electrons. The van der Waals surface area contributed by atoms with Gasteiger partial charge in [0, 0.05) is 26.4 Å². The van der Waals surface area contributed by atoms with Gasteiger partial charge in [-0.15, -0.1) is 0 Å². The van der Waals surface area contributed by atoms with Crippen molar-refractivity contribution in [2.75, 3.05) is 39.6 Å². The van der Waals surface area contributed by atoms with Gasteiger partial charge in [-0.25, -0.2) is 0 Å². The highest BCUT2D eigenvalue weighted by Gasteiger charge is 2.44. The lowest BCUT2D eigenvalue weighted by atomic mass is 10.3. The van der Waals surface area contributed by atoms with Gasteiger partial charge in [0.05, 0.1) is 25.7 Å². The van der Waals surface area contributed by atoms with E-state index in [1.54, 1.807) is 0 Å². The molecular weight excluding hydrogens is 316 g/mol. The lowest BCUT2D eigenvalue weighted by molar-refractivity contribution is -0.0320. The largest absolute Gasteiger partial charge is 0.679 e. The zero-order valence-corrected chi connectivity index (χ0v) is 15.6. The second-order valence-corrected chi connectivity index (χ2v) is 6.71. The highest BCUT2D eigenvalue weighted by Crippen LogP contribution is 2.14. The van der Waals surface area contributed by atoms with E-state index in [4.69, 9.17) is 27.2 Å². The third-order valence-electron chi connectivity index (χ3n) is 2.75. The van der Waals surface area contributed by atoms with Gasteiger partial charge in [0.15, 0.2) is 0 Å². The molecule has 0 fully saturated rings. The lowest BCUT2D eigenvalue weighted by Crippen LogP contribution is -2.49. The fourth-order valence-electron chi connectivity index (χ4n) is 1.74. The predicted molar refractivity (Wildman–Crippen MR) is 91.7 cm³/mol. The third-order valence-corrected chi connectivity index (χ3v) is 5.15. The van der Waals surface area contributed by atoms with E-state index in [0.29, 0.717) is 39.6 Å². The maximum atomic E-state index is 5.86. The Hall–Kier alpha value is -0.863. The minimum atomic E-state index is -3.05. The average Bonchev–Trinajstić information content (AvgIpc) is 2.54. The first-order chi connectivity index (χ1) is 11.2. The molecule has 0 saturated carbocycles. The van der Waals surface area contributed by atoms with Crippen LogP contribution in [0, 0.1) is 0 Å². The molecule has 0 spiro atoms. The van der Waals surface area contributed by atoms with E-state index >= 15 is 0 Å². The molecule has 6 nitrogen and oxygen atoms in total. The van der Waals surface area contributed by atoms with Crippen LogP contribution >= 0.6 is 0 Å². The van der Waals surface area contributed by atoms with Gasteiger partial charge in [-0.05, 0) is 39.5 Å². The summed E-state index contributed by atoms with van der Waals surface area (Å²) in [6.07, 6.45) is 6.35. The maximum absolute atomic E-state index is 5.86. The first kappa shape index (κ1) is 22.1. The Morgan fingerprint density at radius 1 is 0.652 bits per heavy atom. The van der Waals surface area contributed by atoms with Crippen molar-refractivity contribution in [3.63, 3.8) is 0 Å². The molecule has 0 aliphatic rings. The van der Waals surface area contributed by atoms with Gasteiger partial charge in [-0.1, -0.05) is 13.2 Å². The van der Waals surface area contributed by atoms with Crippen molar-refractivity contribution in [2.24, 2.45) is 0 Å². The van der Waals surface area contributed by atoms with E-state index in [2.05, 4.69) is 13.2 Å². The van der Waals surface area contributed by atoms with Gasteiger partial charge in [0.2, 0.25) is 0 Å². The zero-order valence-electron chi connectivity index (χ0n) is 14.6. The zero-order chi connectivity index (χ0) is 17.2.